The van der Waals surface area contributed by atoms with Crippen LogP contribution in [0.5, 0.6) is 0 Å². The largest absolute Gasteiger partial charge is 0.369 e. The Kier molecular flexibility index (Phi) is 5.23. The van der Waals surface area contributed by atoms with E-state index in [1.54, 1.807) is 0 Å². The molecule has 2 fully saturated rings. The minimum atomic E-state index is 0.668. The van der Waals surface area contributed by atoms with Crippen LogP contribution < -0.4 is 10.2 Å². The molecule has 1 aliphatic heterocycles. The fourth-order valence-electron chi connectivity index (χ4n) is 3.89. The summed E-state index contributed by atoms with van der Waals surface area (Å²) in [5, 5.41) is 3.82. The number of rotatable bonds is 2. The van der Waals surface area contributed by atoms with Gasteiger partial charge in [-0.3, -0.25) is 0 Å². The highest BCUT2D eigenvalue weighted by Crippen LogP contribution is 2.31. The Labute approximate surface area is 137 Å². The molecule has 0 bridgehead atoms. The van der Waals surface area contributed by atoms with Gasteiger partial charge in [-0.1, -0.05) is 25.3 Å². The second-order valence-electron chi connectivity index (χ2n) is 6.71. The van der Waals surface area contributed by atoms with Crippen LogP contribution in [0.2, 0.25) is 0 Å². The maximum absolute atomic E-state index is 3.82. The van der Waals surface area contributed by atoms with E-state index in [-0.39, 0.29) is 0 Å². The molecule has 3 rings (SSSR count). The number of benzene rings is 1. The van der Waals surface area contributed by atoms with Gasteiger partial charge in [-0.15, -0.1) is 0 Å². The molecule has 0 aromatic heterocycles. The van der Waals surface area contributed by atoms with Crippen molar-refractivity contribution in [2.45, 2.75) is 51.5 Å². The molecule has 1 saturated carbocycles. The minimum Gasteiger partial charge on any atom is -0.369 e. The highest BCUT2D eigenvalue weighted by molar-refractivity contribution is 9.10. The Bertz CT molecular complexity index is 468. The minimum absolute atomic E-state index is 0.668. The Morgan fingerprint density at radius 2 is 1.95 bits per heavy atom. The lowest BCUT2D eigenvalue weighted by Crippen LogP contribution is -2.43. The molecule has 1 heterocycles. The molecule has 1 N–H and O–H groups in total. The van der Waals surface area contributed by atoms with Gasteiger partial charge in [0.2, 0.25) is 0 Å². The van der Waals surface area contributed by atoms with Gasteiger partial charge in [0.1, 0.15) is 0 Å². The molecular weight excluding hydrogens is 324 g/mol. The van der Waals surface area contributed by atoms with Crippen LogP contribution in [0.15, 0.2) is 22.7 Å². The number of hydrogen-bond donors (Lipinski definition) is 1. The van der Waals surface area contributed by atoms with Crippen LogP contribution >= 0.6 is 15.9 Å². The molecule has 0 amide bonds. The number of anilines is 1. The molecule has 1 aliphatic carbocycles. The van der Waals surface area contributed by atoms with Crippen LogP contribution in [-0.4, -0.2) is 25.7 Å². The Hall–Kier alpha value is -0.540. The first-order chi connectivity index (χ1) is 10.2. The average Bonchev–Trinajstić information content (AvgIpc) is 2.74. The highest BCUT2D eigenvalue weighted by Gasteiger charge is 2.27. The maximum atomic E-state index is 3.82. The number of nitrogens with zero attached hydrogens (tertiary/aromatic N) is 1. The molecule has 0 radical (unpaired) electrons. The van der Waals surface area contributed by atoms with Crippen molar-refractivity contribution < 1.29 is 0 Å². The number of halogens is 1. The van der Waals surface area contributed by atoms with Crippen molar-refractivity contribution in [1.82, 2.24) is 5.32 Å². The van der Waals surface area contributed by atoms with Crippen LogP contribution in [-0.2, 0) is 0 Å². The Morgan fingerprint density at radius 1 is 1.14 bits per heavy atom. The molecule has 2 nitrogen and oxygen atoms in total. The van der Waals surface area contributed by atoms with Gasteiger partial charge in [-0.2, -0.15) is 0 Å². The molecule has 1 aromatic rings. The molecule has 1 saturated heterocycles. The first-order valence-corrected chi connectivity index (χ1v) is 9.28. The topological polar surface area (TPSA) is 15.3 Å². The molecule has 3 heteroatoms. The zero-order valence-corrected chi connectivity index (χ0v) is 14.7. The van der Waals surface area contributed by atoms with E-state index >= 15 is 0 Å². The summed E-state index contributed by atoms with van der Waals surface area (Å²) >= 11 is 3.76. The third kappa shape index (κ3) is 3.81. The van der Waals surface area contributed by atoms with Crippen LogP contribution in [0, 0.1) is 12.8 Å². The lowest BCUT2D eigenvalue weighted by atomic mass is 9.83. The van der Waals surface area contributed by atoms with Crippen LogP contribution in [0.25, 0.3) is 0 Å². The van der Waals surface area contributed by atoms with Gasteiger partial charge >= 0.3 is 0 Å². The third-order valence-electron chi connectivity index (χ3n) is 5.09. The van der Waals surface area contributed by atoms with Crippen LogP contribution in [0.3, 0.4) is 0 Å². The van der Waals surface area contributed by atoms with E-state index in [0.717, 1.165) is 19.0 Å². The van der Waals surface area contributed by atoms with Gasteiger partial charge < -0.3 is 10.2 Å². The van der Waals surface area contributed by atoms with E-state index in [1.807, 2.05) is 0 Å². The molecule has 1 atom stereocenters. The molecule has 21 heavy (non-hydrogen) atoms. The average molecular weight is 351 g/mol. The highest BCUT2D eigenvalue weighted by atomic mass is 79.9. The van der Waals surface area contributed by atoms with Crippen molar-refractivity contribution in [1.29, 1.82) is 0 Å². The van der Waals surface area contributed by atoms with Crippen molar-refractivity contribution in [3.63, 3.8) is 0 Å². The van der Waals surface area contributed by atoms with Gasteiger partial charge in [0, 0.05) is 23.6 Å². The molecule has 2 aliphatic rings. The van der Waals surface area contributed by atoms with E-state index in [2.05, 4.69) is 51.3 Å². The zero-order valence-electron chi connectivity index (χ0n) is 13.1. The number of aryl methyl sites for hydroxylation is 1. The molecule has 1 unspecified atom stereocenters. The van der Waals surface area contributed by atoms with Crippen molar-refractivity contribution in [2.24, 2.45) is 5.92 Å². The van der Waals surface area contributed by atoms with E-state index < -0.39 is 0 Å². The normalized spacial score (nSPS) is 24.9. The van der Waals surface area contributed by atoms with Crippen molar-refractivity contribution in [3.05, 3.63) is 28.2 Å². The van der Waals surface area contributed by atoms with E-state index in [0.29, 0.717) is 6.04 Å². The predicted octanol–water partition coefficient (Wildman–Crippen LogP) is 4.51. The first kappa shape index (κ1) is 15.4. The maximum Gasteiger partial charge on any atom is 0.0511 e. The number of nitrogens with one attached hydrogen (secondary N) is 1. The lowest BCUT2D eigenvalue weighted by Gasteiger charge is -2.34. The second kappa shape index (κ2) is 7.15. The quantitative estimate of drug-likeness (QED) is 0.844. The van der Waals surface area contributed by atoms with Crippen molar-refractivity contribution >= 4 is 21.6 Å². The van der Waals surface area contributed by atoms with E-state index in [1.165, 1.54) is 60.8 Å². The molecule has 0 spiro atoms. The number of hydrogen-bond acceptors (Lipinski definition) is 2. The standard InChI is InChI=1S/C18H27BrN2/c1-14-8-9-18(16(19)12-14)21-11-5-10-20-17(13-21)15-6-3-2-4-7-15/h8-9,12,15,17,20H,2-7,10-11,13H2,1H3. The second-order valence-corrected chi connectivity index (χ2v) is 7.57. The van der Waals surface area contributed by atoms with Crippen molar-refractivity contribution in [3.8, 4) is 0 Å². The summed E-state index contributed by atoms with van der Waals surface area (Å²) in [4.78, 5) is 2.59. The zero-order chi connectivity index (χ0) is 14.7. The summed E-state index contributed by atoms with van der Waals surface area (Å²) in [5.74, 6) is 0.878. The SMILES string of the molecule is Cc1ccc(N2CCCNC(C3CCCCC3)C2)c(Br)c1. The van der Waals surface area contributed by atoms with Gasteiger partial charge in [-0.25, -0.2) is 0 Å². The van der Waals surface area contributed by atoms with Gasteiger partial charge in [0.05, 0.1) is 5.69 Å². The van der Waals surface area contributed by atoms with E-state index in [9.17, 15) is 0 Å². The van der Waals surface area contributed by atoms with Crippen molar-refractivity contribution in [2.75, 3.05) is 24.5 Å². The molecular formula is C18H27BrN2. The van der Waals surface area contributed by atoms with Crippen LogP contribution in [0.1, 0.15) is 44.1 Å². The molecule has 1 aromatic carbocycles. The first-order valence-electron chi connectivity index (χ1n) is 8.48. The summed E-state index contributed by atoms with van der Waals surface area (Å²) in [6.45, 7) is 5.65. The monoisotopic (exact) mass is 350 g/mol. The van der Waals surface area contributed by atoms with E-state index in [4.69, 9.17) is 0 Å². The summed E-state index contributed by atoms with van der Waals surface area (Å²) < 4.78 is 1.24. The summed E-state index contributed by atoms with van der Waals surface area (Å²) in [6.07, 6.45) is 8.37. The fraction of sp³-hybridized carbons (Fsp3) is 0.667. The van der Waals surface area contributed by atoms with Gasteiger partial charge in [-0.05, 0) is 72.3 Å². The van der Waals surface area contributed by atoms with Gasteiger partial charge in [0.15, 0.2) is 0 Å². The lowest BCUT2D eigenvalue weighted by molar-refractivity contribution is 0.277. The summed E-state index contributed by atoms with van der Waals surface area (Å²) in [7, 11) is 0. The molecule has 116 valence electrons. The van der Waals surface area contributed by atoms with Gasteiger partial charge in [0.25, 0.3) is 0 Å². The van der Waals surface area contributed by atoms with Crippen LogP contribution in [0.4, 0.5) is 5.69 Å². The fourth-order valence-corrected chi connectivity index (χ4v) is 4.63. The summed E-state index contributed by atoms with van der Waals surface area (Å²) in [6, 6.07) is 7.42. The predicted molar refractivity (Wildman–Crippen MR) is 94.1 cm³/mol. The Balaban J connectivity index is 1.75. The summed E-state index contributed by atoms with van der Waals surface area (Å²) in [5.41, 5.74) is 2.69. The smallest absolute Gasteiger partial charge is 0.0511 e. The Morgan fingerprint density at radius 3 is 2.71 bits per heavy atom. The third-order valence-corrected chi connectivity index (χ3v) is 5.73.